The van der Waals surface area contributed by atoms with Gasteiger partial charge in [0.2, 0.25) is 0 Å². The summed E-state index contributed by atoms with van der Waals surface area (Å²) in [6, 6.07) is 6.22. The molecule has 0 spiro atoms. The maximum absolute atomic E-state index is 14.2. The molecule has 1 aromatic heterocycles. The number of nitrogens with zero attached hydrogens (tertiary/aromatic N) is 3. The smallest absolute Gasteiger partial charge is 0.151 e. The molecule has 1 aliphatic heterocycles. The molecule has 1 aromatic carbocycles. The summed E-state index contributed by atoms with van der Waals surface area (Å²) >= 11 is 5.76. The number of piperidine rings is 1. The number of hydrogen-bond donors (Lipinski definition) is 2. The van der Waals surface area contributed by atoms with Crippen LogP contribution < -0.4 is 10.2 Å². The topological polar surface area (TPSA) is 61.3 Å². The number of hydrogen-bond acceptors (Lipinski definition) is 5. The van der Waals surface area contributed by atoms with Crippen molar-refractivity contribution < 1.29 is 9.50 Å². The van der Waals surface area contributed by atoms with E-state index in [1.54, 1.807) is 12.1 Å². The monoisotopic (exact) mass is 392 g/mol. The van der Waals surface area contributed by atoms with Crippen molar-refractivity contribution in [2.75, 3.05) is 11.9 Å². The van der Waals surface area contributed by atoms with Gasteiger partial charge in [0.15, 0.2) is 5.82 Å². The van der Waals surface area contributed by atoms with Crippen molar-refractivity contribution in [3.05, 3.63) is 35.1 Å². The Morgan fingerprint density at radius 3 is 2.30 bits per heavy atom. The molecule has 27 heavy (non-hydrogen) atoms. The first-order valence-corrected chi connectivity index (χ1v) is 9.39. The van der Waals surface area contributed by atoms with Crippen LogP contribution in [0, 0.1) is 5.82 Å². The minimum absolute atomic E-state index is 0.00485. The van der Waals surface area contributed by atoms with Crippen LogP contribution in [0.4, 0.5) is 10.2 Å². The van der Waals surface area contributed by atoms with Crippen LogP contribution in [0.3, 0.4) is 0 Å². The highest BCUT2D eigenvalue weighted by Crippen LogP contribution is 2.35. The largest absolute Gasteiger partial charge is 0.507 e. The van der Waals surface area contributed by atoms with E-state index in [1.807, 2.05) is 7.05 Å². The van der Waals surface area contributed by atoms with Crippen molar-refractivity contribution in [2.45, 2.75) is 57.7 Å². The van der Waals surface area contributed by atoms with Gasteiger partial charge < -0.3 is 15.3 Å². The minimum atomic E-state index is -0.628. The summed E-state index contributed by atoms with van der Waals surface area (Å²) in [5.74, 6) is -0.166. The van der Waals surface area contributed by atoms with Gasteiger partial charge in [-0.25, -0.2) is 4.39 Å². The van der Waals surface area contributed by atoms with Gasteiger partial charge in [-0.15, -0.1) is 10.2 Å². The summed E-state index contributed by atoms with van der Waals surface area (Å²) in [6.07, 6.45) is 1.95. The van der Waals surface area contributed by atoms with E-state index in [0.717, 1.165) is 18.9 Å². The highest BCUT2D eigenvalue weighted by Gasteiger charge is 2.39. The van der Waals surface area contributed by atoms with Crippen LogP contribution in [0.25, 0.3) is 11.3 Å². The number of aromatic hydroxyl groups is 1. The SMILES string of the molecule is CN(c1ccc(-c2c(O)cc(Cl)cc2F)nn1)C1CC(C)(C)NC(C)(C)C1. The second-order valence-electron chi connectivity index (χ2n) is 8.62. The maximum atomic E-state index is 14.2. The number of phenolic OH excluding ortho intramolecular Hbond substituents is 1. The van der Waals surface area contributed by atoms with Crippen LogP contribution in [0.15, 0.2) is 24.3 Å². The quantitative estimate of drug-likeness (QED) is 0.811. The number of rotatable bonds is 3. The van der Waals surface area contributed by atoms with Crippen LogP contribution in [0.2, 0.25) is 5.02 Å². The van der Waals surface area contributed by atoms with Gasteiger partial charge in [0.1, 0.15) is 11.6 Å². The van der Waals surface area contributed by atoms with Gasteiger partial charge in [-0.05, 0) is 64.8 Å². The maximum Gasteiger partial charge on any atom is 0.151 e. The Labute approximate surface area is 164 Å². The summed E-state index contributed by atoms with van der Waals surface area (Å²) in [6.45, 7) is 8.82. The predicted molar refractivity (Wildman–Crippen MR) is 107 cm³/mol. The summed E-state index contributed by atoms with van der Waals surface area (Å²) in [5, 5.41) is 22.2. The zero-order valence-corrected chi connectivity index (χ0v) is 17.1. The van der Waals surface area contributed by atoms with E-state index in [-0.39, 0.29) is 33.1 Å². The molecule has 146 valence electrons. The Hall–Kier alpha value is -1.92. The van der Waals surface area contributed by atoms with Crippen LogP contribution in [-0.2, 0) is 0 Å². The fraction of sp³-hybridized carbons (Fsp3) is 0.500. The van der Waals surface area contributed by atoms with Crippen LogP contribution in [0.5, 0.6) is 5.75 Å². The minimum Gasteiger partial charge on any atom is -0.507 e. The second kappa shape index (κ2) is 6.91. The third-order valence-electron chi connectivity index (χ3n) is 5.02. The van der Waals surface area contributed by atoms with Gasteiger partial charge >= 0.3 is 0 Å². The summed E-state index contributed by atoms with van der Waals surface area (Å²) in [4.78, 5) is 2.12. The molecule has 0 radical (unpaired) electrons. The fourth-order valence-electron chi connectivity index (χ4n) is 4.19. The lowest BCUT2D eigenvalue weighted by Crippen LogP contribution is -2.62. The summed E-state index contributed by atoms with van der Waals surface area (Å²) in [5.41, 5.74) is 0.313. The van der Waals surface area contributed by atoms with Crippen LogP contribution in [0.1, 0.15) is 40.5 Å². The van der Waals surface area contributed by atoms with Crippen LogP contribution >= 0.6 is 11.6 Å². The lowest BCUT2D eigenvalue weighted by molar-refractivity contribution is 0.160. The Morgan fingerprint density at radius 2 is 1.78 bits per heavy atom. The van der Waals surface area contributed by atoms with Gasteiger partial charge in [0.05, 0.1) is 11.3 Å². The molecule has 0 amide bonds. The highest BCUT2D eigenvalue weighted by atomic mass is 35.5. The fourth-order valence-corrected chi connectivity index (χ4v) is 4.39. The normalized spacial score (nSPS) is 19.1. The molecular formula is C20H26ClFN4O. The van der Waals surface area contributed by atoms with Crippen molar-refractivity contribution in [2.24, 2.45) is 0 Å². The molecular weight excluding hydrogens is 367 g/mol. The predicted octanol–water partition coefficient (Wildman–Crippen LogP) is 4.39. The van der Waals surface area contributed by atoms with E-state index in [9.17, 15) is 9.50 Å². The molecule has 2 aromatic rings. The lowest BCUT2D eigenvalue weighted by atomic mass is 9.79. The summed E-state index contributed by atoms with van der Waals surface area (Å²) < 4.78 is 14.2. The van der Waals surface area contributed by atoms with Gasteiger partial charge in [0.25, 0.3) is 0 Å². The first-order chi connectivity index (χ1) is 12.5. The summed E-state index contributed by atoms with van der Waals surface area (Å²) in [7, 11) is 2.01. The van der Waals surface area contributed by atoms with Crippen molar-refractivity contribution in [3.63, 3.8) is 0 Å². The molecule has 1 fully saturated rings. The molecule has 0 bridgehead atoms. The Bertz CT molecular complexity index is 799. The Kier molecular flexibility index (Phi) is 5.08. The molecule has 1 saturated heterocycles. The van der Waals surface area contributed by atoms with Crippen LogP contribution in [-0.4, -0.2) is 39.5 Å². The third-order valence-corrected chi connectivity index (χ3v) is 5.24. The standard InChI is InChI=1S/C20H26ClFN4O/c1-19(2)10-13(11-20(3,4)25-19)26(5)17-7-6-15(23-24-17)18-14(22)8-12(21)9-16(18)27/h6-9,13,25,27H,10-11H2,1-5H3. The molecule has 0 saturated carbocycles. The van der Waals surface area contributed by atoms with E-state index < -0.39 is 5.82 Å². The molecule has 5 nitrogen and oxygen atoms in total. The van der Waals surface area contributed by atoms with E-state index >= 15 is 0 Å². The first-order valence-electron chi connectivity index (χ1n) is 9.02. The average molecular weight is 393 g/mol. The number of anilines is 1. The van der Waals surface area contributed by atoms with Gasteiger partial charge in [-0.2, -0.15) is 0 Å². The first kappa shape index (κ1) is 19.8. The number of halogens is 2. The molecule has 0 atom stereocenters. The number of benzene rings is 1. The number of phenols is 1. The average Bonchev–Trinajstić information content (AvgIpc) is 2.51. The molecule has 1 aliphatic rings. The highest BCUT2D eigenvalue weighted by molar-refractivity contribution is 6.30. The van der Waals surface area contributed by atoms with Gasteiger partial charge in [0, 0.05) is 29.2 Å². The van der Waals surface area contributed by atoms with Crippen molar-refractivity contribution >= 4 is 17.4 Å². The zero-order chi connectivity index (χ0) is 20.0. The van der Waals surface area contributed by atoms with Gasteiger partial charge in [-0.3, -0.25) is 0 Å². The lowest BCUT2D eigenvalue weighted by Gasteiger charge is -2.49. The van der Waals surface area contributed by atoms with Gasteiger partial charge in [-0.1, -0.05) is 11.6 Å². The number of nitrogens with one attached hydrogen (secondary N) is 1. The Morgan fingerprint density at radius 1 is 1.15 bits per heavy atom. The molecule has 0 unspecified atom stereocenters. The van der Waals surface area contributed by atoms with Crippen molar-refractivity contribution in [3.8, 4) is 17.0 Å². The number of aromatic nitrogens is 2. The molecule has 7 heteroatoms. The van der Waals surface area contributed by atoms with E-state index in [0.29, 0.717) is 11.9 Å². The zero-order valence-electron chi connectivity index (χ0n) is 16.3. The molecule has 2 heterocycles. The van der Waals surface area contributed by atoms with E-state index in [2.05, 4.69) is 48.1 Å². The molecule has 0 aliphatic carbocycles. The second-order valence-corrected chi connectivity index (χ2v) is 9.06. The molecule has 3 rings (SSSR count). The third kappa shape index (κ3) is 4.33. The Balaban J connectivity index is 1.85. The van der Waals surface area contributed by atoms with Crippen molar-refractivity contribution in [1.29, 1.82) is 0 Å². The molecule has 2 N–H and O–H groups in total. The van der Waals surface area contributed by atoms with E-state index in [4.69, 9.17) is 11.6 Å². The van der Waals surface area contributed by atoms with Crippen molar-refractivity contribution in [1.82, 2.24) is 15.5 Å². The van der Waals surface area contributed by atoms with E-state index in [1.165, 1.54) is 6.07 Å².